The number of benzene rings is 2. The lowest BCUT2D eigenvalue weighted by Gasteiger charge is -2.19. The van der Waals surface area contributed by atoms with E-state index >= 15 is 0 Å². The maximum absolute atomic E-state index is 13.8. The minimum Gasteiger partial charge on any atom is -0.494 e. The monoisotopic (exact) mass is 386 g/mol. The van der Waals surface area contributed by atoms with Crippen LogP contribution in [0.25, 0.3) is 0 Å². The van der Waals surface area contributed by atoms with E-state index in [-0.39, 0.29) is 30.7 Å². The number of hydrogen-bond acceptors (Lipinski definition) is 4. The van der Waals surface area contributed by atoms with Gasteiger partial charge in [0.1, 0.15) is 5.75 Å². The van der Waals surface area contributed by atoms with Crippen LogP contribution in [0.2, 0.25) is 0 Å². The first-order valence-corrected chi connectivity index (χ1v) is 9.07. The standard InChI is InChI=1S/C21H23FN2O4/c1-23(13-15-5-10-19(27-2)18(22)12-15)21(26)14-28-17-8-6-16(7-9-17)24-11-3-4-20(24)25/h5-10,12H,3-4,11,13-14H2,1-2H3. The topological polar surface area (TPSA) is 59.1 Å². The van der Waals surface area contributed by atoms with Crippen LogP contribution in [-0.4, -0.2) is 44.0 Å². The van der Waals surface area contributed by atoms with Crippen LogP contribution in [-0.2, 0) is 16.1 Å². The Balaban J connectivity index is 1.51. The molecule has 0 bridgehead atoms. The van der Waals surface area contributed by atoms with Gasteiger partial charge < -0.3 is 19.3 Å². The molecule has 1 saturated heterocycles. The molecule has 3 rings (SSSR count). The van der Waals surface area contributed by atoms with Crippen molar-refractivity contribution in [2.45, 2.75) is 19.4 Å². The molecule has 1 aliphatic rings. The quantitative estimate of drug-likeness (QED) is 0.734. The molecule has 28 heavy (non-hydrogen) atoms. The normalized spacial score (nSPS) is 13.5. The molecule has 1 fully saturated rings. The third-order valence-corrected chi connectivity index (χ3v) is 4.65. The number of anilines is 1. The molecule has 1 heterocycles. The lowest BCUT2D eigenvalue weighted by molar-refractivity contribution is -0.132. The minimum absolute atomic E-state index is 0.125. The van der Waals surface area contributed by atoms with Gasteiger partial charge in [0.15, 0.2) is 18.2 Å². The Morgan fingerprint density at radius 1 is 1.21 bits per heavy atom. The number of likely N-dealkylation sites (N-methyl/N-ethyl adjacent to an activating group) is 1. The lowest BCUT2D eigenvalue weighted by atomic mass is 10.2. The molecular weight excluding hydrogens is 363 g/mol. The predicted molar refractivity (Wildman–Crippen MR) is 103 cm³/mol. The number of ether oxygens (including phenoxy) is 2. The summed E-state index contributed by atoms with van der Waals surface area (Å²) in [5.74, 6) is 0.150. The highest BCUT2D eigenvalue weighted by atomic mass is 19.1. The molecule has 0 saturated carbocycles. The van der Waals surface area contributed by atoms with Crippen LogP contribution in [0.15, 0.2) is 42.5 Å². The molecule has 0 spiro atoms. The lowest BCUT2D eigenvalue weighted by Crippen LogP contribution is -2.31. The van der Waals surface area contributed by atoms with E-state index in [1.54, 1.807) is 30.1 Å². The highest BCUT2D eigenvalue weighted by molar-refractivity contribution is 5.95. The van der Waals surface area contributed by atoms with E-state index in [2.05, 4.69) is 0 Å². The summed E-state index contributed by atoms with van der Waals surface area (Å²) in [7, 11) is 3.04. The van der Waals surface area contributed by atoms with Gasteiger partial charge in [0, 0.05) is 32.2 Å². The molecule has 2 aromatic rings. The number of halogens is 1. The van der Waals surface area contributed by atoms with Crippen molar-refractivity contribution >= 4 is 17.5 Å². The number of nitrogens with zero attached hydrogens (tertiary/aromatic N) is 2. The summed E-state index contributed by atoms with van der Waals surface area (Å²) in [5, 5.41) is 0. The van der Waals surface area contributed by atoms with Crippen LogP contribution in [0, 0.1) is 5.82 Å². The number of hydrogen-bond donors (Lipinski definition) is 0. The van der Waals surface area contributed by atoms with Gasteiger partial charge in [0.05, 0.1) is 7.11 Å². The smallest absolute Gasteiger partial charge is 0.260 e. The van der Waals surface area contributed by atoms with E-state index in [9.17, 15) is 14.0 Å². The maximum atomic E-state index is 13.8. The molecule has 2 amide bonds. The van der Waals surface area contributed by atoms with Crippen molar-refractivity contribution in [3.63, 3.8) is 0 Å². The van der Waals surface area contributed by atoms with Crippen LogP contribution in [0.4, 0.5) is 10.1 Å². The first-order valence-electron chi connectivity index (χ1n) is 9.07. The van der Waals surface area contributed by atoms with Crippen LogP contribution in [0.1, 0.15) is 18.4 Å². The van der Waals surface area contributed by atoms with Gasteiger partial charge in [-0.2, -0.15) is 0 Å². The zero-order chi connectivity index (χ0) is 20.1. The summed E-state index contributed by atoms with van der Waals surface area (Å²) in [4.78, 5) is 27.3. The third kappa shape index (κ3) is 4.60. The first kappa shape index (κ1) is 19.7. The summed E-state index contributed by atoms with van der Waals surface area (Å²) < 4.78 is 24.2. The van der Waals surface area contributed by atoms with E-state index in [4.69, 9.17) is 9.47 Å². The van der Waals surface area contributed by atoms with Crippen molar-refractivity contribution in [2.75, 3.05) is 32.2 Å². The molecule has 148 valence electrons. The van der Waals surface area contributed by atoms with Crippen molar-refractivity contribution in [3.05, 3.63) is 53.8 Å². The Morgan fingerprint density at radius 2 is 1.96 bits per heavy atom. The van der Waals surface area contributed by atoms with E-state index in [0.717, 1.165) is 18.7 Å². The Hall–Kier alpha value is -3.09. The molecule has 0 unspecified atom stereocenters. The van der Waals surface area contributed by atoms with Crippen molar-refractivity contribution in [3.8, 4) is 11.5 Å². The van der Waals surface area contributed by atoms with E-state index in [0.29, 0.717) is 17.7 Å². The summed E-state index contributed by atoms with van der Waals surface area (Å²) in [5.41, 5.74) is 1.49. The Labute approximate surface area is 163 Å². The SMILES string of the molecule is COc1ccc(CN(C)C(=O)COc2ccc(N3CCCC3=O)cc2)cc1F. The maximum Gasteiger partial charge on any atom is 0.260 e. The molecule has 0 aliphatic carbocycles. The fraction of sp³-hybridized carbons (Fsp3) is 0.333. The summed E-state index contributed by atoms with van der Waals surface area (Å²) in [6, 6.07) is 11.7. The van der Waals surface area contributed by atoms with Gasteiger partial charge in [0.2, 0.25) is 5.91 Å². The van der Waals surface area contributed by atoms with E-state index in [1.165, 1.54) is 24.1 Å². The Morgan fingerprint density at radius 3 is 2.57 bits per heavy atom. The van der Waals surface area contributed by atoms with Crippen LogP contribution in [0.3, 0.4) is 0 Å². The van der Waals surface area contributed by atoms with Crippen molar-refractivity contribution in [2.24, 2.45) is 0 Å². The average Bonchev–Trinajstić information content (AvgIpc) is 3.12. The average molecular weight is 386 g/mol. The number of carbonyl (C=O) groups excluding carboxylic acids is 2. The molecule has 2 aromatic carbocycles. The minimum atomic E-state index is -0.464. The van der Waals surface area contributed by atoms with Gasteiger partial charge in [-0.1, -0.05) is 6.07 Å². The summed E-state index contributed by atoms with van der Waals surface area (Å²) in [6.07, 6.45) is 1.45. The van der Waals surface area contributed by atoms with Gasteiger partial charge in [-0.05, 0) is 48.4 Å². The van der Waals surface area contributed by atoms with Crippen molar-refractivity contribution in [1.29, 1.82) is 0 Å². The second-order valence-electron chi connectivity index (χ2n) is 6.65. The van der Waals surface area contributed by atoms with Crippen LogP contribution < -0.4 is 14.4 Å². The van der Waals surface area contributed by atoms with Gasteiger partial charge >= 0.3 is 0 Å². The molecule has 0 radical (unpaired) electrons. The fourth-order valence-corrected chi connectivity index (χ4v) is 3.07. The molecule has 7 heteroatoms. The van der Waals surface area contributed by atoms with Crippen molar-refractivity contribution in [1.82, 2.24) is 4.90 Å². The summed E-state index contributed by atoms with van der Waals surface area (Å²) >= 11 is 0. The number of rotatable bonds is 7. The first-order chi connectivity index (χ1) is 13.5. The highest BCUT2D eigenvalue weighted by Crippen LogP contribution is 2.24. The molecule has 0 atom stereocenters. The predicted octanol–water partition coefficient (Wildman–Crippen LogP) is 3.00. The molecule has 0 N–H and O–H groups in total. The third-order valence-electron chi connectivity index (χ3n) is 4.65. The largest absolute Gasteiger partial charge is 0.494 e. The van der Waals surface area contributed by atoms with Crippen LogP contribution in [0.5, 0.6) is 11.5 Å². The fourth-order valence-electron chi connectivity index (χ4n) is 3.07. The highest BCUT2D eigenvalue weighted by Gasteiger charge is 2.21. The Kier molecular flexibility index (Phi) is 6.13. The van der Waals surface area contributed by atoms with Gasteiger partial charge in [0.25, 0.3) is 5.91 Å². The summed E-state index contributed by atoms with van der Waals surface area (Å²) in [6.45, 7) is 0.866. The van der Waals surface area contributed by atoms with E-state index < -0.39 is 5.82 Å². The van der Waals surface area contributed by atoms with Crippen LogP contribution >= 0.6 is 0 Å². The van der Waals surface area contributed by atoms with Gasteiger partial charge in [-0.3, -0.25) is 9.59 Å². The number of amides is 2. The molecule has 6 nitrogen and oxygen atoms in total. The second kappa shape index (κ2) is 8.73. The zero-order valence-electron chi connectivity index (χ0n) is 16.0. The van der Waals surface area contributed by atoms with Crippen molar-refractivity contribution < 1.29 is 23.5 Å². The Bertz CT molecular complexity index is 854. The second-order valence-corrected chi connectivity index (χ2v) is 6.65. The number of carbonyl (C=O) groups is 2. The zero-order valence-corrected chi connectivity index (χ0v) is 16.0. The van der Waals surface area contributed by atoms with Gasteiger partial charge in [-0.15, -0.1) is 0 Å². The number of methoxy groups -OCH3 is 1. The molecule has 0 aromatic heterocycles. The van der Waals surface area contributed by atoms with Gasteiger partial charge in [-0.25, -0.2) is 4.39 Å². The molecule has 1 aliphatic heterocycles. The molecular formula is C21H23FN2O4. The van der Waals surface area contributed by atoms with E-state index in [1.807, 2.05) is 12.1 Å².